The Labute approximate surface area is 157 Å². The third-order valence-electron chi connectivity index (χ3n) is 3.31. The van der Waals surface area contributed by atoms with Crippen molar-refractivity contribution in [1.82, 2.24) is 20.4 Å². The molecule has 0 bridgehead atoms. The number of rotatable bonds is 5. The van der Waals surface area contributed by atoms with E-state index >= 15 is 0 Å². The molecule has 0 spiro atoms. The van der Waals surface area contributed by atoms with Gasteiger partial charge in [0.15, 0.2) is 5.82 Å². The minimum Gasteiger partial charge on any atom is -0.340 e. The predicted molar refractivity (Wildman–Crippen MR) is 97.4 cm³/mol. The second kappa shape index (κ2) is 7.79. The Balaban J connectivity index is 1.77. The van der Waals surface area contributed by atoms with Crippen molar-refractivity contribution in [2.45, 2.75) is 29.8 Å². The van der Waals surface area contributed by atoms with Gasteiger partial charge in [-0.3, -0.25) is 4.79 Å². The van der Waals surface area contributed by atoms with Crippen LogP contribution < -0.4 is 5.32 Å². The van der Waals surface area contributed by atoms with E-state index in [0.717, 1.165) is 9.37 Å². The zero-order chi connectivity index (χ0) is 17.8. The maximum atomic E-state index is 12.6. The molecule has 2 heterocycles. The summed E-state index contributed by atoms with van der Waals surface area (Å²) >= 11 is 4.84. The predicted octanol–water partition coefficient (Wildman–Crippen LogP) is 4.18. The molecule has 6 nitrogen and oxygen atoms in total. The fraction of sp³-hybridized carbons (Fsp3) is 0.176. The molecule has 1 unspecified atom stereocenters. The molecule has 0 aliphatic heterocycles. The average molecular weight is 419 g/mol. The first-order chi connectivity index (χ1) is 12.0. The highest BCUT2D eigenvalue weighted by Gasteiger charge is 2.19. The fourth-order valence-electron chi connectivity index (χ4n) is 2.08. The summed E-state index contributed by atoms with van der Waals surface area (Å²) in [5, 5.41) is 7.24. The lowest BCUT2D eigenvalue weighted by atomic mass is 10.2. The van der Waals surface area contributed by atoms with Crippen molar-refractivity contribution < 1.29 is 9.32 Å². The molecule has 128 valence electrons. The fourth-order valence-corrected chi connectivity index (χ4v) is 3.23. The molecule has 1 atom stereocenters. The van der Waals surface area contributed by atoms with Gasteiger partial charge in [-0.15, -0.1) is 0 Å². The molecule has 2 aromatic heterocycles. The van der Waals surface area contributed by atoms with E-state index in [4.69, 9.17) is 4.52 Å². The van der Waals surface area contributed by atoms with Crippen molar-refractivity contribution in [3.05, 3.63) is 64.3 Å². The zero-order valence-corrected chi connectivity index (χ0v) is 16.0. The van der Waals surface area contributed by atoms with Crippen LogP contribution in [0.3, 0.4) is 0 Å². The molecule has 0 aliphatic carbocycles. The summed E-state index contributed by atoms with van der Waals surface area (Å²) in [6.07, 6.45) is 1.67. The lowest BCUT2D eigenvalue weighted by Gasteiger charge is -2.12. The quantitative estimate of drug-likeness (QED) is 0.669. The number of hydrogen-bond acceptors (Lipinski definition) is 6. The number of carbonyl (C=O) groups excluding carboxylic acids is 1. The summed E-state index contributed by atoms with van der Waals surface area (Å²) in [4.78, 5) is 22.1. The molecule has 0 fully saturated rings. The Morgan fingerprint density at radius 3 is 2.72 bits per heavy atom. The van der Waals surface area contributed by atoms with Crippen LogP contribution in [0.15, 0.2) is 61.5 Å². The molecule has 3 aromatic rings. The lowest BCUT2D eigenvalue weighted by Crippen LogP contribution is -2.27. The maximum absolute atomic E-state index is 12.6. The molecule has 1 N–H and O–H groups in total. The van der Waals surface area contributed by atoms with E-state index in [1.54, 1.807) is 32.2 Å². The molecular formula is C17H15BrN4O2S. The number of benzene rings is 1. The van der Waals surface area contributed by atoms with Gasteiger partial charge in [0.05, 0.1) is 5.56 Å². The molecular weight excluding hydrogens is 404 g/mol. The molecule has 0 radical (unpaired) electrons. The first-order valence-electron chi connectivity index (χ1n) is 7.52. The summed E-state index contributed by atoms with van der Waals surface area (Å²) in [5.41, 5.74) is 0.499. The molecule has 3 rings (SSSR count). The topological polar surface area (TPSA) is 80.9 Å². The third kappa shape index (κ3) is 4.46. The Hall–Kier alpha value is -2.19. The van der Waals surface area contributed by atoms with Crippen molar-refractivity contribution >= 4 is 33.6 Å². The molecule has 0 saturated carbocycles. The average Bonchev–Trinajstić information content (AvgIpc) is 3.04. The Bertz CT molecular complexity index is 882. The monoisotopic (exact) mass is 418 g/mol. The molecule has 0 saturated heterocycles. The summed E-state index contributed by atoms with van der Waals surface area (Å²) in [7, 11) is 0. The van der Waals surface area contributed by atoms with Crippen LogP contribution in [0.25, 0.3) is 0 Å². The summed E-state index contributed by atoms with van der Waals surface area (Å²) in [6.45, 7) is 3.53. The van der Waals surface area contributed by atoms with Crippen LogP contribution >= 0.6 is 27.7 Å². The lowest BCUT2D eigenvalue weighted by molar-refractivity contribution is 0.0929. The first kappa shape index (κ1) is 17.6. The van der Waals surface area contributed by atoms with E-state index in [9.17, 15) is 4.79 Å². The molecule has 1 aromatic carbocycles. The normalized spacial score (nSPS) is 12.0. The standard InChI is InChI=1S/C17H15BrN4O2S/c1-10(16-21-11(2)22-24-16)20-15(23)14-4-3-9-19-17(14)25-13-7-5-12(18)6-8-13/h3-10H,1-2H3,(H,20,23). The number of aryl methyl sites for hydroxylation is 1. The van der Waals surface area contributed by atoms with E-state index in [1.165, 1.54) is 11.8 Å². The van der Waals surface area contributed by atoms with Crippen molar-refractivity contribution in [2.24, 2.45) is 0 Å². The van der Waals surface area contributed by atoms with Crippen LogP contribution in [0, 0.1) is 6.92 Å². The van der Waals surface area contributed by atoms with Gasteiger partial charge in [0.1, 0.15) is 11.1 Å². The number of pyridine rings is 1. The minimum absolute atomic E-state index is 0.240. The molecule has 0 aliphatic rings. The zero-order valence-electron chi connectivity index (χ0n) is 13.6. The van der Waals surface area contributed by atoms with Crippen LogP contribution in [0.4, 0.5) is 0 Å². The number of amides is 1. The molecule has 8 heteroatoms. The molecule has 25 heavy (non-hydrogen) atoms. The number of halogens is 1. The largest absolute Gasteiger partial charge is 0.340 e. The SMILES string of the molecule is Cc1noc(C(C)NC(=O)c2cccnc2Sc2ccc(Br)cc2)n1. The van der Waals surface area contributed by atoms with Crippen molar-refractivity contribution in [3.8, 4) is 0 Å². The van der Waals surface area contributed by atoms with Gasteiger partial charge in [-0.1, -0.05) is 32.8 Å². The highest BCUT2D eigenvalue weighted by molar-refractivity contribution is 9.10. The Morgan fingerprint density at radius 2 is 2.04 bits per heavy atom. The maximum Gasteiger partial charge on any atom is 0.254 e. The van der Waals surface area contributed by atoms with Gasteiger partial charge in [-0.2, -0.15) is 4.98 Å². The summed E-state index contributed by atoms with van der Waals surface area (Å²) in [5.74, 6) is 0.664. The third-order valence-corrected chi connectivity index (χ3v) is 4.86. The number of aromatic nitrogens is 3. The van der Waals surface area contributed by atoms with Crippen LogP contribution in [0.5, 0.6) is 0 Å². The van der Waals surface area contributed by atoms with Gasteiger partial charge in [0.25, 0.3) is 5.91 Å². The van der Waals surface area contributed by atoms with Gasteiger partial charge >= 0.3 is 0 Å². The number of carbonyl (C=O) groups is 1. The van der Waals surface area contributed by atoms with Crippen LogP contribution in [0.1, 0.15) is 35.0 Å². The van der Waals surface area contributed by atoms with E-state index in [2.05, 4.69) is 36.4 Å². The second-order valence-corrected chi connectivity index (χ2v) is 7.26. The Morgan fingerprint density at radius 1 is 1.28 bits per heavy atom. The van der Waals surface area contributed by atoms with Crippen molar-refractivity contribution in [2.75, 3.05) is 0 Å². The van der Waals surface area contributed by atoms with E-state index in [1.807, 2.05) is 24.3 Å². The molecule has 1 amide bonds. The summed E-state index contributed by atoms with van der Waals surface area (Å²) < 4.78 is 6.10. The Kier molecular flexibility index (Phi) is 5.50. The van der Waals surface area contributed by atoms with Crippen LogP contribution in [-0.2, 0) is 0 Å². The highest BCUT2D eigenvalue weighted by atomic mass is 79.9. The highest BCUT2D eigenvalue weighted by Crippen LogP contribution is 2.29. The first-order valence-corrected chi connectivity index (χ1v) is 9.13. The second-order valence-electron chi connectivity index (χ2n) is 5.29. The number of nitrogens with one attached hydrogen (secondary N) is 1. The van der Waals surface area contributed by atoms with E-state index in [0.29, 0.717) is 22.3 Å². The van der Waals surface area contributed by atoms with E-state index < -0.39 is 0 Å². The van der Waals surface area contributed by atoms with Gasteiger partial charge < -0.3 is 9.84 Å². The van der Waals surface area contributed by atoms with E-state index in [-0.39, 0.29) is 11.9 Å². The van der Waals surface area contributed by atoms with Crippen LogP contribution in [-0.4, -0.2) is 21.0 Å². The smallest absolute Gasteiger partial charge is 0.254 e. The number of nitrogens with zero attached hydrogens (tertiary/aromatic N) is 3. The minimum atomic E-state index is -0.389. The van der Waals surface area contributed by atoms with Gasteiger partial charge in [0.2, 0.25) is 5.89 Å². The number of hydrogen-bond donors (Lipinski definition) is 1. The summed E-state index contributed by atoms with van der Waals surface area (Å²) in [6, 6.07) is 10.9. The van der Waals surface area contributed by atoms with Crippen molar-refractivity contribution in [1.29, 1.82) is 0 Å². The van der Waals surface area contributed by atoms with Crippen molar-refractivity contribution in [3.63, 3.8) is 0 Å². The van der Waals surface area contributed by atoms with Gasteiger partial charge in [-0.25, -0.2) is 4.98 Å². The van der Waals surface area contributed by atoms with Gasteiger partial charge in [-0.05, 0) is 50.2 Å². The van der Waals surface area contributed by atoms with Gasteiger partial charge in [0, 0.05) is 15.6 Å². The van der Waals surface area contributed by atoms with Crippen LogP contribution in [0.2, 0.25) is 0 Å².